The van der Waals surface area contributed by atoms with E-state index >= 15 is 0 Å². The van der Waals surface area contributed by atoms with E-state index in [0.717, 1.165) is 4.60 Å². The summed E-state index contributed by atoms with van der Waals surface area (Å²) in [6, 6.07) is 1.76. The van der Waals surface area contributed by atoms with E-state index < -0.39 is 0 Å². The van der Waals surface area contributed by atoms with E-state index in [1.165, 1.54) is 4.68 Å². The van der Waals surface area contributed by atoms with Gasteiger partial charge >= 0.3 is 0 Å². The lowest BCUT2D eigenvalue weighted by molar-refractivity contribution is 0.192. The number of rotatable bonds is 1. The van der Waals surface area contributed by atoms with Crippen molar-refractivity contribution in [1.29, 1.82) is 0 Å². The smallest absolute Gasteiger partial charge is 0.137 e. The first-order valence-electron chi connectivity index (χ1n) is 2.13. The van der Waals surface area contributed by atoms with Gasteiger partial charge in [-0.05, 0) is 22.0 Å². The molecule has 1 rings (SSSR count). The van der Waals surface area contributed by atoms with E-state index in [-0.39, 0.29) is 6.73 Å². The fraction of sp³-hybridized carbons (Fsp3) is 0.250. The zero-order valence-corrected chi connectivity index (χ0v) is 5.67. The number of nitrogens with zero attached hydrogens (tertiary/aromatic N) is 2. The van der Waals surface area contributed by atoms with Crippen LogP contribution < -0.4 is 0 Å². The molecule has 0 unspecified atom stereocenters. The molecule has 0 amide bonds. The summed E-state index contributed by atoms with van der Waals surface area (Å²) in [6.07, 6.45) is 1.61. The molecule has 4 heteroatoms. The van der Waals surface area contributed by atoms with Crippen molar-refractivity contribution in [3.63, 3.8) is 0 Å². The van der Waals surface area contributed by atoms with Gasteiger partial charge in [0.2, 0.25) is 0 Å². The minimum absolute atomic E-state index is 0.0758. The Labute approximate surface area is 55.1 Å². The number of aliphatic hydroxyl groups excluding tert-OH is 1. The van der Waals surface area contributed by atoms with Crippen LogP contribution in [0.5, 0.6) is 0 Å². The lowest BCUT2D eigenvalue weighted by Gasteiger charge is -1.92. The minimum Gasteiger partial charge on any atom is -0.374 e. The highest BCUT2D eigenvalue weighted by Crippen LogP contribution is 2.05. The van der Waals surface area contributed by atoms with Gasteiger partial charge in [0.15, 0.2) is 0 Å². The maximum absolute atomic E-state index is 8.48. The topological polar surface area (TPSA) is 38.0 Å². The minimum atomic E-state index is -0.0758. The van der Waals surface area contributed by atoms with Crippen LogP contribution in [0.4, 0.5) is 0 Å². The Morgan fingerprint density at radius 1 is 1.88 bits per heavy atom. The van der Waals surface area contributed by atoms with Crippen LogP contribution >= 0.6 is 15.9 Å². The number of aliphatic hydroxyl groups is 1. The maximum Gasteiger partial charge on any atom is 0.137 e. The van der Waals surface area contributed by atoms with E-state index in [1.807, 2.05) is 0 Å². The summed E-state index contributed by atoms with van der Waals surface area (Å²) in [5, 5.41) is 12.2. The molecule has 0 saturated carbocycles. The van der Waals surface area contributed by atoms with Crippen LogP contribution in [0.15, 0.2) is 16.9 Å². The Balaban J connectivity index is 2.92. The van der Waals surface area contributed by atoms with Crippen LogP contribution in [0.2, 0.25) is 0 Å². The van der Waals surface area contributed by atoms with Crippen molar-refractivity contribution in [1.82, 2.24) is 9.78 Å². The first-order valence-corrected chi connectivity index (χ1v) is 2.92. The van der Waals surface area contributed by atoms with Gasteiger partial charge in [-0.15, -0.1) is 0 Å². The van der Waals surface area contributed by atoms with Gasteiger partial charge in [-0.1, -0.05) is 0 Å². The van der Waals surface area contributed by atoms with Crippen LogP contribution in [0.1, 0.15) is 0 Å². The largest absolute Gasteiger partial charge is 0.374 e. The molecule has 0 aromatic carbocycles. The number of hydrogen-bond donors (Lipinski definition) is 1. The fourth-order valence-corrected chi connectivity index (χ4v) is 0.742. The summed E-state index contributed by atoms with van der Waals surface area (Å²) in [6.45, 7) is -0.0758. The molecule has 0 aliphatic rings. The lowest BCUT2D eigenvalue weighted by atomic mass is 10.8. The second-order valence-electron chi connectivity index (χ2n) is 1.29. The van der Waals surface area contributed by atoms with Gasteiger partial charge < -0.3 is 5.11 Å². The predicted octanol–water partition coefficient (Wildman–Crippen LogP) is 0.595. The van der Waals surface area contributed by atoms with Crippen LogP contribution in [-0.2, 0) is 6.73 Å². The maximum atomic E-state index is 8.48. The molecule has 0 bridgehead atoms. The highest BCUT2D eigenvalue weighted by atomic mass is 79.9. The quantitative estimate of drug-likeness (QED) is 0.681. The van der Waals surface area contributed by atoms with Gasteiger partial charge in [-0.3, -0.25) is 0 Å². The van der Waals surface area contributed by atoms with Gasteiger partial charge in [0, 0.05) is 0 Å². The Bertz CT molecular complexity index is 174. The fourth-order valence-electron chi connectivity index (χ4n) is 0.421. The standard InChI is InChI=1S/C4H5BrN2O/c5-4-1-2-6-7(4)3-8/h1-2,8H,3H2. The molecule has 0 spiro atoms. The van der Waals surface area contributed by atoms with Gasteiger partial charge in [0.1, 0.15) is 11.3 Å². The SMILES string of the molecule is OCn1nccc1Br. The molecule has 0 aliphatic carbocycles. The van der Waals surface area contributed by atoms with E-state index in [9.17, 15) is 0 Å². The molecule has 0 radical (unpaired) electrons. The molecule has 0 aliphatic heterocycles. The van der Waals surface area contributed by atoms with Crippen molar-refractivity contribution in [2.75, 3.05) is 0 Å². The first kappa shape index (κ1) is 5.78. The monoisotopic (exact) mass is 176 g/mol. The third kappa shape index (κ3) is 0.900. The first-order chi connectivity index (χ1) is 3.84. The molecule has 1 aromatic heterocycles. The highest BCUT2D eigenvalue weighted by Gasteiger charge is 1.91. The average molecular weight is 177 g/mol. The molecule has 3 nitrogen and oxygen atoms in total. The zero-order valence-electron chi connectivity index (χ0n) is 4.08. The molecule has 1 heterocycles. The lowest BCUT2D eigenvalue weighted by Crippen LogP contribution is -1.97. The normalized spacial score (nSPS) is 9.75. The molecule has 1 N–H and O–H groups in total. The van der Waals surface area contributed by atoms with Crippen molar-refractivity contribution in [2.45, 2.75) is 6.73 Å². The van der Waals surface area contributed by atoms with Gasteiger partial charge in [0.05, 0.1) is 6.20 Å². The Morgan fingerprint density at radius 2 is 2.62 bits per heavy atom. The highest BCUT2D eigenvalue weighted by molar-refractivity contribution is 9.10. The van der Waals surface area contributed by atoms with Crippen molar-refractivity contribution in [3.05, 3.63) is 16.9 Å². The van der Waals surface area contributed by atoms with Crippen LogP contribution in [-0.4, -0.2) is 14.9 Å². The van der Waals surface area contributed by atoms with Gasteiger partial charge in [0.25, 0.3) is 0 Å². The third-order valence-electron chi connectivity index (χ3n) is 0.799. The van der Waals surface area contributed by atoms with Crippen molar-refractivity contribution in [3.8, 4) is 0 Å². The van der Waals surface area contributed by atoms with Crippen molar-refractivity contribution < 1.29 is 5.11 Å². The van der Waals surface area contributed by atoms with Gasteiger partial charge in [-0.2, -0.15) is 5.10 Å². The Hall–Kier alpha value is -0.350. The summed E-state index contributed by atoms with van der Waals surface area (Å²) < 4.78 is 2.22. The molecule has 8 heavy (non-hydrogen) atoms. The average Bonchev–Trinajstić information content (AvgIpc) is 2.14. The number of hydrogen-bond acceptors (Lipinski definition) is 2. The second-order valence-corrected chi connectivity index (χ2v) is 2.11. The van der Waals surface area contributed by atoms with Gasteiger partial charge in [-0.25, -0.2) is 4.68 Å². The van der Waals surface area contributed by atoms with E-state index in [4.69, 9.17) is 5.11 Å². The zero-order chi connectivity index (χ0) is 5.98. The third-order valence-corrected chi connectivity index (χ3v) is 1.47. The molecule has 1 aromatic rings. The van der Waals surface area contributed by atoms with E-state index in [2.05, 4.69) is 21.0 Å². The predicted molar refractivity (Wildman–Crippen MR) is 32.1 cm³/mol. The van der Waals surface area contributed by atoms with Crippen molar-refractivity contribution in [2.24, 2.45) is 0 Å². The summed E-state index contributed by atoms with van der Waals surface area (Å²) in [5.74, 6) is 0. The van der Waals surface area contributed by atoms with Crippen LogP contribution in [0, 0.1) is 0 Å². The molecular weight excluding hydrogens is 172 g/mol. The molecule has 0 fully saturated rings. The summed E-state index contributed by atoms with van der Waals surface area (Å²) in [5.41, 5.74) is 0. The Morgan fingerprint density at radius 3 is 2.88 bits per heavy atom. The van der Waals surface area contributed by atoms with Crippen LogP contribution in [0.3, 0.4) is 0 Å². The van der Waals surface area contributed by atoms with Crippen molar-refractivity contribution >= 4 is 15.9 Å². The van der Waals surface area contributed by atoms with Crippen LogP contribution in [0.25, 0.3) is 0 Å². The van der Waals surface area contributed by atoms with E-state index in [0.29, 0.717) is 0 Å². The summed E-state index contributed by atoms with van der Waals surface area (Å²) in [4.78, 5) is 0. The summed E-state index contributed by atoms with van der Waals surface area (Å²) >= 11 is 3.17. The van der Waals surface area contributed by atoms with E-state index in [1.54, 1.807) is 12.3 Å². The Kier molecular flexibility index (Phi) is 1.65. The molecule has 44 valence electrons. The molecule has 0 saturated heterocycles. The number of aromatic nitrogens is 2. The number of halogens is 1. The molecule has 0 atom stereocenters. The molecular formula is C4H5BrN2O. The summed E-state index contributed by atoms with van der Waals surface area (Å²) in [7, 11) is 0. The second kappa shape index (κ2) is 2.28.